The average molecular weight is 217 g/mol. The highest BCUT2D eigenvalue weighted by Gasteiger charge is 2.01. The quantitative estimate of drug-likeness (QED) is 0.845. The number of nitrogens with zero attached hydrogens (tertiary/aromatic N) is 4. The van der Waals surface area contributed by atoms with Gasteiger partial charge in [0.25, 0.3) is 0 Å². The lowest BCUT2D eigenvalue weighted by Crippen LogP contribution is -2.07. The Kier molecular flexibility index (Phi) is 2.85. The van der Waals surface area contributed by atoms with Crippen molar-refractivity contribution in [3.63, 3.8) is 0 Å². The van der Waals surface area contributed by atoms with Crippen molar-refractivity contribution < 1.29 is 0 Å². The predicted octanol–water partition coefficient (Wildman–Crippen LogP) is 1.44. The zero-order chi connectivity index (χ0) is 11.5. The van der Waals surface area contributed by atoms with E-state index >= 15 is 0 Å². The molecule has 16 heavy (non-hydrogen) atoms. The van der Waals surface area contributed by atoms with Crippen LogP contribution in [0.2, 0.25) is 0 Å². The molecule has 0 aromatic carbocycles. The lowest BCUT2D eigenvalue weighted by Gasteiger charge is -2.07. The molecule has 5 heteroatoms. The van der Waals surface area contributed by atoms with Crippen LogP contribution in [0.5, 0.6) is 0 Å². The highest BCUT2D eigenvalue weighted by atomic mass is 15.4. The SMILES string of the molecule is Cc1cc(C)nc(NCc2cnnn2C)c1. The summed E-state index contributed by atoms with van der Waals surface area (Å²) in [6, 6.07) is 4.08. The Morgan fingerprint density at radius 1 is 1.31 bits per heavy atom. The molecule has 5 nitrogen and oxygen atoms in total. The Labute approximate surface area is 94.5 Å². The standard InChI is InChI=1S/C11H15N5/c1-8-4-9(2)14-11(5-8)12-6-10-7-13-15-16(10)3/h4-5,7H,6H2,1-3H3,(H,12,14). The van der Waals surface area contributed by atoms with Crippen LogP contribution in [0.1, 0.15) is 17.0 Å². The number of pyridine rings is 1. The number of hydrogen-bond acceptors (Lipinski definition) is 4. The first-order chi connectivity index (χ1) is 7.65. The van der Waals surface area contributed by atoms with E-state index in [1.807, 2.05) is 20.0 Å². The van der Waals surface area contributed by atoms with Crippen molar-refractivity contribution in [1.29, 1.82) is 0 Å². The maximum Gasteiger partial charge on any atom is 0.126 e. The molecule has 0 spiro atoms. The molecule has 1 N–H and O–H groups in total. The maximum absolute atomic E-state index is 4.40. The van der Waals surface area contributed by atoms with Gasteiger partial charge in [0.2, 0.25) is 0 Å². The first-order valence-electron chi connectivity index (χ1n) is 5.18. The van der Waals surface area contributed by atoms with E-state index in [2.05, 4.69) is 33.6 Å². The summed E-state index contributed by atoms with van der Waals surface area (Å²) in [6.45, 7) is 4.73. The second-order valence-corrected chi connectivity index (χ2v) is 3.87. The Hall–Kier alpha value is -1.91. The van der Waals surface area contributed by atoms with Crippen LogP contribution in [0, 0.1) is 13.8 Å². The fourth-order valence-corrected chi connectivity index (χ4v) is 1.58. The summed E-state index contributed by atoms with van der Waals surface area (Å²) in [5.74, 6) is 0.888. The monoisotopic (exact) mass is 217 g/mol. The van der Waals surface area contributed by atoms with Gasteiger partial charge in [-0.2, -0.15) is 0 Å². The summed E-state index contributed by atoms with van der Waals surface area (Å²) in [7, 11) is 1.87. The van der Waals surface area contributed by atoms with E-state index in [4.69, 9.17) is 0 Å². The molecule has 0 atom stereocenters. The van der Waals surface area contributed by atoms with Crippen molar-refractivity contribution in [2.45, 2.75) is 20.4 Å². The number of aryl methyl sites for hydroxylation is 3. The van der Waals surface area contributed by atoms with Crippen LogP contribution >= 0.6 is 0 Å². The Bertz CT molecular complexity index is 469. The number of rotatable bonds is 3. The van der Waals surface area contributed by atoms with Crippen molar-refractivity contribution in [2.24, 2.45) is 7.05 Å². The van der Waals surface area contributed by atoms with E-state index in [1.165, 1.54) is 5.56 Å². The molecule has 0 aliphatic carbocycles. The molecule has 2 heterocycles. The third kappa shape index (κ3) is 2.36. The Morgan fingerprint density at radius 2 is 2.12 bits per heavy atom. The summed E-state index contributed by atoms with van der Waals surface area (Å²) in [4.78, 5) is 4.40. The minimum Gasteiger partial charge on any atom is -0.364 e. The van der Waals surface area contributed by atoms with Crippen LogP contribution in [0.3, 0.4) is 0 Å². The third-order valence-electron chi connectivity index (χ3n) is 2.36. The van der Waals surface area contributed by atoms with Crippen LogP contribution < -0.4 is 5.32 Å². The fourth-order valence-electron chi connectivity index (χ4n) is 1.58. The summed E-state index contributed by atoms with van der Waals surface area (Å²) < 4.78 is 1.75. The van der Waals surface area contributed by atoms with E-state index in [0.717, 1.165) is 17.2 Å². The molecule has 0 fully saturated rings. The van der Waals surface area contributed by atoms with Gasteiger partial charge in [0.05, 0.1) is 18.4 Å². The summed E-state index contributed by atoms with van der Waals surface area (Å²) in [5, 5.41) is 10.9. The molecule has 0 radical (unpaired) electrons. The first-order valence-corrected chi connectivity index (χ1v) is 5.18. The maximum atomic E-state index is 4.40. The van der Waals surface area contributed by atoms with Gasteiger partial charge in [0.1, 0.15) is 5.82 Å². The molecule has 0 saturated heterocycles. The molecule has 0 unspecified atom stereocenters. The summed E-state index contributed by atoms with van der Waals surface area (Å²) in [6.07, 6.45) is 1.75. The summed E-state index contributed by atoms with van der Waals surface area (Å²) >= 11 is 0. The van der Waals surface area contributed by atoms with Gasteiger partial charge >= 0.3 is 0 Å². The lowest BCUT2D eigenvalue weighted by atomic mass is 10.2. The van der Waals surface area contributed by atoms with Gasteiger partial charge in [-0.25, -0.2) is 4.98 Å². The first kappa shape index (κ1) is 10.6. The van der Waals surface area contributed by atoms with Gasteiger partial charge < -0.3 is 5.32 Å². The average Bonchev–Trinajstić information content (AvgIpc) is 2.59. The van der Waals surface area contributed by atoms with E-state index in [0.29, 0.717) is 6.54 Å². The van der Waals surface area contributed by atoms with Crippen molar-refractivity contribution in [1.82, 2.24) is 20.0 Å². The van der Waals surface area contributed by atoms with Crippen molar-refractivity contribution in [3.8, 4) is 0 Å². The minimum absolute atomic E-state index is 0.680. The zero-order valence-corrected chi connectivity index (χ0v) is 9.73. The van der Waals surface area contributed by atoms with Crippen molar-refractivity contribution >= 4 is 5.82 Å². The van der Waals surface area contributed by atoms with Crippen LogP contribution in [0.4, 0.5) is 5.82 Å². The van der Waals surface area contributed by atoms with Crippen LogP contribution in [0.25, 0.3) is 0 Å². The van der Waals surface area contributed by atoms with Gasteiger partial charge in [0.15, 0.2) is 0 Å². The molecule has 0 aliphatic heterocycles. The van der Waals surface area contributed by atoms with Crippen LogP contribution in [-0.4, -0.2) is 20.0 Å². The van der Waals surface area contributed by atoms with Crippen molar-refractivity contribution in [2.75, 3.05) is 5.32 Å². The highest BCUT2D eigenvalue weighted by molar-refractivity contribution is 5.39. The van der Waals surface area contributed by atoms with E-state index in [1.54, 1.807) is 10.9 Å². The second-order valence-electron chi connectivity index (χ2n) is 3.87. The molecule has 0 bridgehead atoms. The van der Waals surface area contributed by atoms with Gasteiger partial charge in [0, 0.05) is 12.7 Å². The number of aromatic nitrogens is 4. The van der Waals surface area contributed by atoms with E-state index in [9.17, 15) is 0 Å². The summed E-state index contributed by atoms with van der Waals surface area (Å²) in [5.41, 5.74) is 3.25. The zero-order valence-electron chi connectivity index (χ0n) is 9.73. The largest absolute Gasteiger partial charge is 0.364 e. The molecule has 84 valence electrons. The normalized spacial score (nSPS) is 10.4. The number of nitrogens with one attached hydrogen (secondary N) is 1. The molecule has 0 aliphatic rings. The predicted molar refractivity (Wildman–Crippen MR) is 62.0 cm³/mol. The molecule has 0 saturated carbocycles. The highest BCUT2D eigenvalue weighted by Crippen LogP contribution is 2.10. The second kappa shape index (κ2) is 4.30. The van der Waals surface area contributed by atoms with E-state index in [-0.39, 0.29) is 0 Å². The van der Waals surface area contributed by atoms with Gasteiger partial charge in [-0.15, -0.1) is 5.10 Å². The number of anilines is 1. The lowest BCUT2D eigenvalue weighted by molar-refractivity contribution is 0.683. The molecule has 2 aromatic heterocycles. The Balaban J connectivity index is 2.07. The topological polar surface area (TPSA) is 55.6 Å². The molecular formula is C11H15N5. The molecule has 2 rings (SSSR count). The number of hydrogen-bond donors (Lipinski definition) is 1. The fraction of sp³-hybridized carbons (Fsp3) is 0.364. The van der Waals surface area contributed by atoms with E-state index < -0.39 is 0 Å². The molecule has 2 aromatic rings. The van der Waals surface area contributed by atoms with Crippen LogP contribution in [-0.2, 0) is 13.6 Å². The van der Waals surface area contributed by atoms with Gasteiger partial charge in [-0.05, 0) is 31.5 Å². The van der Waals surface area contributed by atoms with Gasteiger partial charge in [-0.1, -0.05) is 5.21 Å². The minimum atomic E-state index is 0.680. The van der Waals surface area contributed by atoms with Crippen LogP contribution in [0.15, 0.2) is 18.3 Å². The third-order valence-corrected chi connectivity index (χ3v) is 2.36. The molecule has 0 amide bonds. The van der Waals surface area contributed by atoms with Crippen molar-refractivity contribution in [3.05, 3.63) is 35.3 Å². The van der Waals surface area contributed by atoms with Gasteiger partial charge in [-0.3, -0.25) is 4.68 Å². The Morgan fingerprint density at radius 3 is 2.75 bits per heavy atom. The smallest absolute Gasteiger partial charge is 0.126 e. The molecular weight excluding hydrogens is 202 g/mol.